The second kappa shape index (κ2) is 19.8. The van der Waals surface area contributed by atoms with E-state index in [4.69, 9.17) is 10.4 Å². The molecule has 0 radical (unpaired) electrons. The highest BCUT2D eigenvalue weighted by molar-refractivity contribution is 8.76. The Kier molecular flexibility index (Phi) is 18.8. The van der Waals surface area contributed by atoms with Crippen LogP contribution in [0.15, 0.2) is 4.99 Å². The fraction of sp³-hybridized carbons (Fsp3) is 0.950. The van der Waals surface area contributed by atoms with Gasteiger partial charge in [-0.2, -0.15) is 0 Å². The van der Waals surface area contributed by atoms with Crippen LogP contribution in [0.2, 0.25) is 0 Å². The summed E-state index contributed by atoms with van der Waals surface area (Å²) in [6.45, 7) is 12.8. The molecule has 4 nitrogen and oxygen atoms in total. The third-order valence-electron chi connectivity index (χ3n) is 3.78. The summed E-state index contributed by atoms with van der Waals surface area (Å²) >= 11 is 0. The van der Waals surface area contributed by atoms with Crippen LogP contribution in [0, 0.1) is 0 Å². The summed E-state index contributed by atoms with van der Waals surface area (Å²) in [5.41, 5.74) is 0. The van der Waals surface area contributed by atoms with E-state index < -0.39 is 8.53 Å². The summed E-state index contributed by atoms with van der Waals surface area (Å²) in [5.74, 6) is 2.47. The first-order valence-corrected chi connectivity index (χ1v) is 14.1. The molecular weight excluding hydrogens is 395 g/mol. The van der Waals surface area contributed by atoms with Crippen LogP contribution >= 0.6 is 30.1 Å². The molecule has 0 N–H and O–H groups in total. The second-order valence-corrected chi connectivity index (χ2v) is 11.1. The third kappa shape index (κ3) is 16.0. The molecular formula is C20H43N2O2PS2. The number of nitrogens with zero attached hydrogens (tertiary/aromatic N) is 2. The zero-order valence-electron chi connectivity index (χ0n) is 19.2. The number of hydrogen-bond donors (Lipinski definition) is 0. The molecule has 0 aliphatic rings. The highest BCUT2D eigenvalue weighted by Crippen LogP contribution is 2.45. The Bertz CT molecular complexity index is 359. The lowest BCUT2D eigenvalue weighted by Crippen LogP contribution is -2.33. The summed E-state index contributed by atoms with van der Waals surface area (Å²) in [5, 5.41) is 0. The van der Waals surface area contributed by atoms with E-state index >= 15 is 0 Å². The van der Waals surface area contributed by atoms with Gasteiger partial charge < -0.3 is 9.05 Å². The van der Waals surface area contributed by atoms with Crippen molar-refractivity contribution in [1.29, 1.82) is 0 Å². The van der Waals surface area contributed by atoms with Crippen molar-refractivity contribution in [2.75, 3.05) is 24.7 Å². The van der Waals surface area contributed by atoms with Crippen molar-refractivity contribution >= 4 is 36.5 Å². The van der Waals surface area contributed by atoms with Crippen molar-refractivity contribution in [3.63, 3.8) is 0 Å². The monoisotopic (exact) mass is 439 g/mol. The van der Waals surface area contributed by atoms with Gasteiger partial charge in [0.1, 0.15) is 0 Å². The van der Waals surface area contributed by atoms with E-state index in [1.165, 1.54) is 43.6 Å². The molecule has 0 rings (SSSR count). The van der Waals surface area contributed by atoms with E-state index in [2.05, 4.69) is 37.4 Å². The predicted molar refractivity (Wildman–Crippen MR) is 128 cm³/mol. The molecule has 1 atom stereocenters. The zero-order valence-corrected chi connectivity index (χ0v) is 20.7. The molecule has 7 heteroatoms. The van der Waals surface area contributed by atoms with Gasteiger partial charge in [-0.15, -0.1) is 0 Å². The fourth-order valence-electron chi connectivity index (χ4n) is 2.49. The average Bonchev–Trinajstić information content (AvgIpc) is 2.64. The van der Waals surface area contributed by atoms with Gasteiger partial charge >= 0.3 is 8.53 Å². The first-order chi connectivity index (χ1) is 13.5. The van der Waals surface area contributed by atoms with E-state index in [-0.39, 0.29) is 0 Å². The van der Waals surface area contributed by atoms with E-state index in [0.29, 0.717) is 19.0 Å². The van der Waals surface area contributed by atoms with E-state index in [1.807, 2.05) is 28.5 Å². The van der Waals surface area contributed by atoms with Crippen molar-refractivity contribution in [2.45, 2.75) is 98.5 Å². The summed E-state index contributed by atoms with van der Waals surface area (Å²) in [6.07, 6.45) is 9.92. The van der Waals surface area contributed by atoms with Gasteiger partial charge in [0, 0.05) is 31.5 Å². The molecule has 0 bridgehead atoms. The minimum absolute atomic E-state index is 0.377. The largest absolute Gasteiger partial charge is 0.425 e. The Labute approximate surface area is 179 Å². The van der Waals surface area contributed by atoms with Gasteiger partial charge in [0.25, 0.3) is 0 Å². The first kappa shape index (κ1) is 25.6. The molecule has 0 spiro atoms. The van der Waals surface area contributed by atoms with Gasteiger partial charge in [-0.1, -0.05) is 54.2 Å². The molecule has 0 aliphatic carbocycles. The molecule has 0 saturated heterocycles. The SMILES string of the molecule is [2H]CCCCCSSCCCCCCOP(OC=NCC)N(C(C)C)C(C)C. The number of aliphatic imine (C=N–C) groups is 1. The topological polar surface area (TPSA) is 34.1 Å². The number of rotatable bonds is 19. The average molecular weight is 440 g/mol. The van der Waals surface area contributed by atoms with Gasteiger partial charge in [0.05, 0.1) is 6.61 Å². The quantitative estimate of drug-likeness (QED) is 0.0682. The van der Waals surface area contributed by atoms with Crippen molar-refractivity contribution in [3.8, 4) is 0 Å². The van der Waals surface area contributed by atoms with Crippen LogP contribution in [-0.4, -0.2) is 47.8 Å². The molecule has 0 saturated carbocycles. The number of unbranched alkanes of at least 4 members (excludes halogenated alkanes) is 5. The van der Waals surface area contributed by atoms with Gasteiger partial charge in [-0.05, 0) is 53.9 Å². The Balaban J connectivity index is 3.85. The van der Waals surface area contributed by atoms with Gasteiger partial charge in [0.15, 0.2) is 6.40 Å². The molecule has 0 aliphatic heterocycles. The summed E-state index contributed by atoms with van der Waals surface area (Å²) in [7, 11) is 2.91. The standard InChI is InChI=1S/C20H43N2O2PS2/c1-7-9-13-16-26-27-17-14-11-10-12-15-23-25(24-18-21-8-2)22(19(3)4)20(5)6/h18-20H,7-17H2,1-6H3/i1D. The van der Waals surface area contributed by atoms with Crippen molar-refractivity contribution < 1.29 is 10.4 Å². The summed E-state index contributed by atoms with van der Waals surface area (Å²) in [6, 6.07) is 0.755. The smallest absolute Gasteiger partial charge is 0.322 e. The van der Waals surface area contributed by atoms with E-state index in [9.17, 15) is 0 Å². The van der Waals surface area contributed by atoms with Crippen LogP contribution < -0.4 is 0 Å². The highest BCUT2D eigenvalue weighted by Gasteiger charge is 2.27. The Morgan fingerprint density at radius 2 is 1.63 bits per heavy atom. The third-order valence-corrected chi connectivity index (χ3v) is 8.33. The molecule has 0 aromatic rings. The maximum absolute atomic E-state index is 7.13. The van der Waals surface area contributed by atoms with Gasteiger partial charge in [-0.25, -0.2) is 4.67 Å². The van der Waals surface area contributed by atoms with Crippen LogP contribution in [0.5, 0.6) is 0 Å². The molecule has 0 amide bonds. The molecule has 0 fully saturated rings. The Hall–Kier alpha value is 0.520. The van der Waals surface area contributed by atoms with Crippen molar-refractivity contribution in [3.05, 3.63) is 0 Å². The van der Waals surface area contributed by atoms with Crippen LogP contribution in [0.1, 0.15) is 87.8 Å². The minimum Gasteiger partial charge on any atom is -0.425 e. The maximum atomic E-state index is 7.13. The van der Waals surface area contributed by atoms with Crippen molar-refractivity contribution in [2.24, 2.45) is 4.99 Å². The normalized spacial score (nSPS) is 13.9. The Morgan fingerprint density at radius 3 is 2.22 bits per heavy atom. The predicted octanol–water partition coefficient (Wildman–Crippen LogP) is 7.55. The van der Waals surface area contributed by atoms with Gasteiger partial charge in [-0.3, -0.25) is 4.99 Å². The molecule has 162 valence electrons. The lowest BCUT2D eigenvalue weighted by molar-refractivity contribution is 0.213. The second-order valence-electron chi connectivity index (χ2n) is 6.97. The molecule has 1 unspecified atom stereocenters. The van der Waals surface area contributed by atoms with E-state index in [0.717, 1.165) is 26.0 Å². The zero-order chi connectivity index (χ0) is 21.0. The Morgan fingerprint density at radius 1 is 1.00 bits per heavy atom. The highest BCUT2D eigenvalue weighted by atomic mass is 33.1. The summed E-state index contributed by atoms with van der Waals surface area (Å²) < 4.78 is 21.4. The maximum Gasteiger partial charge on any atom is 0.322 e. The molecule has 0 aromatic heterocycles. The molecule has 0 heterocycles. The number of hydrogen-bond acceptors (Lipinski definition) is 6. The molecule has 27 heavy (non-hydrogen) atoms. The first-order valence-electron chi connectivity index (χ1n) is 11.1. The van der Waals surface area contributed by atoms with Crippen LogP contribution in [0.3, 0.4) is 0 Å². The summed E-state index contributed by atoms with van der Waals surface area (Å²) in [4.78, 5) is 4.18. The van der Waals surface area contributed by atoms with E-state index in [1.54, 1.807) is 6.40 Å². The minimum atomic E-state index is -1.09. The van der Waals surface area contributed by atoms with Gasteiger partial charge in [0.2, 0.25) is 0 Å². The fourth-order valence-corrected chi connectivity index (χ4v) is 6.27. The van der Waals surface area contributed by atoms with Crippen LogP contribution in [0.25, 0.3) is 0 Å². The van der Waals surface area contributed by atoms with Crippen LogP contribution in [-0.2, 0) is 9.05 Å². The van der Waals surface area contributed by atoms with Crippen molar-refractivity contribution in [1.82, 2.24) is 4.67 Å². The van der Waals surface area contributed by atoms with Crippen LogP contribution in [0.4, 0.5) is 0 Å². The molecule has 0 aromatic carbocycles. The lowest BCUT2D eigenvalue weighted by Gasteiger charge is -2.34. The lowest BCUT2D eigenvalue weighted by atomic mass is 10.2.